The number of nitrogens with zero attached hydrogens (tertiary/aromatic N) is 6. The maximum atomic E-state index is 5.41. The van der Waals surface area contributed by atoms with Gasteiger partial charge in [-0.15, -0.1) is 0 Å². The van der Waals surface area contributed by atoms with E-state index in [0.29, 0.717) is 5.08 Å². The van der Waals surface area contributed by atoms with Crippen molar-refractivity contribution in [3.8, 4) is 0 Å². The predicted molar refractivity (Wildman–Crippen MR) is 231 cm³/mol. The first-order valence-corrected chi connectivity index (χ1v) is 19.5. The molecule has 0 saturated carbocycles. The number of para-hydroxylation sites is 4. The number of anilines is 4. The fourth-order valence-electron chi connectivity index (χ4n) is 6.04. The molecule has 6 nitrogen and oxygen atoms in total. The zero-order valence-corrected chi connectivity index (χ0v) is 32.0. The number of hydrogen-bond acceptors (Lipinski definition) is 6. The number of aryl methyl sites for hydroxylation is 2. The monoisotopic (exact) mass is 730 g/mol. The zero-order chi connectivity index (χ0) is 36.6. The molecule has 53 heavy (non-hydrogen) atoms. The van der Waals surface area contributed by atoms with Crippen LogP contribution in [0.3, 0.4) is 0 Å². The molecule has 0 atom stereocenters. The highest BCUT2D eigenvalue weighted by molar-refractivity contribution is 8.29. The van der Waals surface area contributed by atoms with Crippen molar-refractivity contribution in [1.82, 2.24) is 0 Å². The molecule has 6 aromatic carbocycles. The quantitative estimate of drug-likeness (QED) is 0.155. The summed E-state index contributed by atoms with van der Waals surface area (Å²) in [5, 5.41) is 2.34. The van der Waals surface area contributed by atoms with E-state index in [0.717, 1.165) is 56.1 Å². The van der Waals surface area contributed by atoms with Crippen LogP contribution in [-0.4, -0.2) is 29.5 Å². The Balaban J connectivity index is 1.64. The van der Waals surface area contributed by atoms with Gasteiger partial charge in [0.15, 0.2) is 22.0 Å². The van der Waals surface area contributed by atoms with Gasteiger partial charge in [-0.25, -0.2) is 9.98 Å². The van der Waals surface area contributed by atoms with Crippen molar-refractivity contribution >= 4 is 68.0 Å². The minimum absolute atomic E-state index is 0.659. The van der Waals surface area contributed by atoms with Crippen LogP contribution in [0.15, 0.2) is 191 Å². The van der Waals surface area contributed by atoms with Crippen LogP contribution < -0.4 is 19.6 Å². The molecule has 0 aliphatic carbocycles. The summed E-state index contributed by atoms with van der Waals surface area (Å²) >= 11 is 3.41. The van der Waals surface area contributed by atoms with Crippen LogP contribution in [0.25, 0.3) is 0 Å². The number of benzene rings is 6. The molecule has 264 valence electrons. The van der Waals surface area contributed by atoms with E-state index in [1.54, 1.807) is 23.5 Å². The molecule has 6 aromatic rings. The summed E-state index contributed by atoms with van der Waals surface area (Å²) in [6, 6.07) is 58.9. The second kappa shape index (κ2) is 16.8. The van der Waals surface area contributed by atoms with Crippen LogP contribution in [-0.2, 0) is 0 Å². The van der Waals surface area contributed by atoms with Crippen LogP contribution in [0.2, 0.25) is 0 Å². The summed E-state index contributed by atoms with van der Waals surface area (Å²) < 4.78 is 0. The van der Waals surface area contributed by atoms with Gasteiger partial charge in [0, 0.05) is 36.8 Å². The molecule has 0 bridgehead atoms. The molecule has 0 N–H and O–H groups in total. The lowest BCUT2D eigenvalue weighted by Crippen LogP contribution is -2.46. The van der Waals surface area contributed by atoms with Crippen molar-refractivity contribution in [2.24, 2.45) is 9.98 Å². The summed E-state index contributed by atoms with van der Waals surface area (Å²) in [5.74, 6) is 1.80. The van der Waals surface area contributed by atoms with Gasteiger partial charge in [0.1, 0.15) is 0 Å². The first-order chi connectivity index (χ1) is 26.0. The Morgan fingerprint density at radius 3 is 1.09 bits per heavy atom. The maximum absolute atomic E-state index is 5.41. The molecule has 1 aliphatic rings. The molecule has 0 fully saturated rings. The molecule has 1 heterocycles. The van der Waals surface area contributed by atoms with Crippen LogP contribution >= 0.6 is 23.5 Å². The SMILES string of the molecule is Cc1ccc(N2C(=Nc3ccccc3)SCSC(=Nc3ccccc3)N(c3ccc(C)cc3)/C(N(C)c3ccccc3)=C\2N(C)c2ccccc2)cc1. The van der Waals surface area contributed by atoms with E-state index >= 15 is 0 Å². The van der Waals surface area contributed by atoms with Crippen molar-refractivity contribution in [1.29, 1.82) is 0 Å². The Labute approximate surface area is 321 Å². The Morgan fingerprint density at radius 1 is 0.434 bits per heavy atom. The second-order valence-corrected chi connectivity index (χ2v) is 14.9. The summed E-state index contributed by atoms with van der Waals surface area (Å²) in [7, 11) is 4.28. The highest BCUT2D eigenvalue weighted by Crippen LogP contribution is 2.40. The van der Waals surface area contributed by atoms with E-state index in [1.807, 2.05) is 36.4 Å². The third kappa shape index (κ3) is 8.35. The van der Waals surface area contributed by atoms with Crippen molar-refractivity contribution in [3.63, 3.8) is 0 Å². The van der Waals surface area contributed by atoms with Crippen LogP contribution in [0, 0.1) is 13.8 Å². The summed E-state index contributed by atoms with van der Waals surface area (Å²) in [6.07, 6.45) is 0. The molecule has 0 saturated heterocycles. The first-order valence-electron chi connectivity index (χ1n) is 17.5. The molecule has 0 aromatic heterocycles. The Morgan fingerprint density at radius 2 is 0.755 bits per heavy atom. The van der Waals surface area contributed by atoms with Crippen molar-refractivity contribution < 1.29 is 0 Å². The number of hydrogen-bond donors (Lipinski definition) is 0. The Kier molecular flexibility index (Phi) is 11.3. The highest BCUT2D eigenvalue weighted by Gasteiger charge is 2.36. The number of thioether (sulfide) groups is 2. The second-order valence-electron chi connectivity index (χ2n) is 12.6. The van der Waals surface area contributed by atoms with Gasteiger partial charge >= 0.3 is 0 Å². The number of aliphatic imine (C=N–C) groups is 2. The lowest BCUT2D eigenvalue weighted by Gasteiger charge is -2.41. The van der Waals surface area contributed by atoms with Crippen LogP contribution in [0.5, 0.6) is 0 Å². The topological polar surface area (TPSA) is 37.7 Å². The smallest absolute Gasteiger partial charge is 0.175 e. The van der Waals surface area contributed by atoms with E-state index in [1.165, 1.54) is 11.1 Å². The van der Waals surface area contributed by atoms with E-state index in [-0.39, 0.29) is 0 Å². The minimum atomic E-state index is 0.659. The molecule has 0 unspecified atom stereocenters. The Hall–Kier alpha value is -5.70. The molecular formula is C45H42N6S2. The van der Waals surface area contributed by atoms with Crippen molar-refractivity contribution in [2.75, 3.05) is 38.8 Å². The summed E-state index contributed by atoms with van der Waals surface area (Å²) in [5.41, 5.74) is 8.17. The fourth-order valence-corrected chi connectivity index (χ4v) is 8.10. The molecule has 0 radical (unpaired) electrons. The third-order valence-electron chi connectivity index (χ3n) is 8.85. The Bertz CT molecular complexity index is 2030. The van der Waals surface area contributed by atoms with E-state index in [4.69, 9.17) is 9.98 Å². The molecule has 8 heteroatoms. The standard InChI is InChI=1S/C45H42N6S2/c1-34-25-29-40(30-26-34)50-42(48(3)38-21-13-7-14-22-38)43(49(4)39-23-15-8-16-24-39)51(41-31-27-35(2)28-32-41)45(47-37-19-11-6-12-20-37)53-33-52-44(50)46-36-17-9-5-10-18-36/h5-32H,33H2,1-4H3/b43-42-,46-44?,47-45?. The largest absolute Gasteiger partial charge is 0.327 e. The molecule has 1 aliphatic heterocycles. The summed E-state index contributed by atoms with van der Waals surface area (Å²) in [4.78, 5) is 20.0. The van der Waals surface area contributed by atoms with Crippen LogP contribution in [0.1, 0.15) is 11.1 Å². The third-order valence-corrected chi connectivity index (χ3v) is 10.9. The van der Waals surface area contributed by atoms with Gasteiger partial charge in [-0.1, -0.05) is 132 Å². The van der Waals surface area contributed by atoms with Gasteiger partial charge in [-0.2, -0.15) is 0 Å². The zero-order valence-electron chi connectivity index (χ0n) is 30.4. The molecular weight excluding hydrogens is 689 g/mol. The first kappa shape index (κ1) is 35.7. The maximum Gasteiger partial charge on any atom is 0.175 e. The van der Waals surface area contributed by atoms with Crippen molar-refractivity contribution in [2.45, 2.75) is 13.8 Å². The van der Waals surface area contributed by atoms with E-state index in [9.17, 15) is 0 Å². The lowest BCUT2D eigenvalue weighted by atomic mass is 10.2. The van der Waals surface area contributed by atoms with E-state index < -0.39 is 0 Å². The van der Waals surface area contributed by atoms with Gasteiger partial charge in [0.05, 0.1) is 16.5 Å². The van der Waals surface area contributed by atoms with Gasteiger partial charge < -0.3 is 9.80 Å². The molecule has 7 rings (SSSR count). The van der Waals surface area contributed by atoms with Gasteiger partial charge in [-0.05, 0) is 86.6 Å². The van der Waals surface area contributed by atoms with Gasteiger partial charge in [-0.3, -0.25) is 9.80 Å². The average Bonchev–Trinajstić information content (AvgIpc) is 3.26. The van der Waals surface area contributed by atoms with Crippen molar-refractivity contribution in [3.05, 3.63) is 193 Å². The molecule has 0 amide bonds. The predicted octanol–water partition coefficient (Wildman–Crippen LogP) is 11.8. The van der Waals surface area contributed by atoms with E-state index in [2.05, 4.69) is 181 Å². The summed E-state index contributed by atoms with van der Waals surface area (Å²) in [6.45, 7) is 4.25. The molecule has 0 spiro atoms. The number of rotatable bonds is 8. The fraction of sp³-hybridized carbons (Fsp3) is 0.111. The van der Waals surface area contributed by atoms with Crippen LogP contribution in [0.4, 0.5) is 34.1 Å². The lowest BCUT2D eigenvalue weighted by molar-refractivity contribution is 0.925. The van der Waals surface area contributed by atoms with Gasteiger partial charge in [0.2, 0.25) is 0 Å². The van der Waals surface area contributed by atoms with Gasteiger partial charge in [0.25, 0.3) is 0 Å². The normalized spacial score (nSPS) is 16.6. The number of amidine groups is 2. The minimum Gasteiger partial charge on any atom is -0.327 e. The highest BCUT2D eigenvalue weighted by atomic mass is 32.2. The average molecular weight is 731 g/mol.